The highest BCUT2D eigenvalue weighted by molar-refractivity contribution is 5.54. The summed E-state index contributed by atoms with van der Waals surface area (Å²) in [6, 6.07) is 13.5. The second-order valence-electron chi connectivity index (χ2n) is 4.35. The van der Waals surface area contributed by atoms with Crippen molar-refractivity contribution in [1.82, 2.24) is 0 Å². The maximum atomic E-state index is 9.90. The summed E-state index contributed by atoms with van der Waals surface area (Å²) in [7, 11) is 0. The second kappa shape index (κ2) is 5.06. The van der Waals surface area contributed by atoms with Crippen LogP contribution < -0.4 is 9.47 Å². The van der Waals surface area contributed by atoms with E-state index in [1.165, 1.54) is 0 Å². The minimum atomic E-state index is 0.220. The number of phenolic OH excluding ortho intramolecular Hbond substituents is 1. The zero-order chi connectivity index (χ0) is 13.1. The van der Waals surface area contributed by atoms with Gasteiger partial charge in [0.25, 0.3) is 0 Å². The molecule has 1 aliphatic rings. The van der Waals surface area contributed by atoms with Crippen LogP contribution in [0.4, 0.5) is 0 Å². The van der Waals surface area contributed by atoms with E-state index in [9.17, 15) is 5.11 Å². The van der Waals surface area contributed by atoms with Gasteiger partial charge in [-0.25, -0.2) is 0 Å². The van der Waals surface area contributed by atoms with Crippen LogP contribution >= 0.6 is 0 Å². The van der Waals surface area contributed by atoms with Crippen LogP contribution in [0.1, 0.15) is 11.1 Å². The highest BCUT2D eigenvalue weighted by Crippen LogP contribution is 2.37. The van der Waals surface area contributed by atoms with E-state index in [0.29, 0.717) is 17.9 Å². The molecule has 0 aromatic heterocycles. The van der Waals surface area contributed by atoms with E-state index in [0.717, 1.165) is 11.1 Å². The van der Waals surface area contributed by atoms with Gasteiger partial charge in [-0.2, -0.15) is 0 Å². The lowest BCUT2D eigenvalue weighted by Gasteiger charge is -2.03. The molecule has 0 radical (unpaired) electrons. The van der Waals surface area contributed by atoms with Crippen LogP contribution in [0.15, 0.2) is 48.5 Å². The molecule has 0 saturated heterocycles. The van der Waals surface area contributed by atoms with Gasteiger partial charge in [-0.05, 0) is 18.1 Å². The average molecular weight is 254 g/mol. The van der Waals surface area contributed by atoms with Crippen LogP contribution in [0.2, 0.25) is 0 Å². The van der Waals surface area contributed by atoms with Gasteiger partial charge >= 0.3 is 0 Å². The third kappa shape index (κ3) is 2.55. The van der Waals surface area contributed by atoms with Gasteiger partial charge in [0.2, 0.25) is 6.79 Å². The molecule has 0 unspecified atom stereocenters. The summed E-state index contributed by atoms with van der Waals surface area (Å²) < 4.78 is 10.5. The first-order valence-corrected chi connectivity index (χ1v) is 6.16. The van der Waals surface area contributed by atoms with Crippen molar-refractivity contribution in [2.24, 2.45) is 0 Å². The van der Waals surface area contributed by atoms with Gasteiger partial charge in [0.15, 0.2) is 11.5 Å². The summed E-state index contributed by atoms with van der Waals surface area (Å²) in [6.07, 6.45) is 4.70. The summed E-state index contributed by atoms with van der Waals surface area (Å²) in [4.78, 5) is 0. The van der Waals surface area contributed by atoms with Crippen molar-refractivity contribution >= 4 is 6.08 Å². The monoisotopic (exact) mass is 254 g/mol. The molecule has 3 nitrogen and oxygen atoms in total. The lowest BCUT2D eigenvalue weighted by Crippen LogP contribution is -1.92. The average Bonchev–Trinajstić information content (AvgIpc) is 2.87. The number of hydrogen-bond donors (Lipinski definition) is 1. The minimum absolute atomic E-state index is 0.220. The summed E-state index contributed by atoms with van der Waals surface area (Å²) in [5.74, 6) is 1.54. The maximum Gasteiger partial charge on any atom is 0.231 e. The van der Waals surface area contributed by atoms with E-state index in [-0.39, 0.29) is 12.5 Å². The lowest BCUT2D eigenvalue weighted by molar-refractivity contribution is 0.174. The number of hydrogen-bond acceptors (Lipinski definition) is 3. The van der Waals surface area contributed by atoms with Crippen molar-refractivity contribution in [3.8, 4) is 17.2 Å². The van der Waals surface area contributed by atoms with E-state index in [1.807, 2.05) is 48.6 Å². The van der Waals surface area contributed by atoms with Crippen molar-refractivity contribution in [1.29, 1.82) is 0 Å². The van der Waals surface area contributed by atoms with Gasteiger partial charge in [0, 0.05) is 11.6 Å². The van der Waals surface area contributed by atoms with E-state index in [1.54, 1.807) is 6.07 Å². The largest absolute Gasteiger partial charge is 0.508 e. The van der Waals surface area contributed by atoms with Crippen molar-refractivity contribution in [2.45, 2.75) is 6.42 Å². The molecule has 0 spiro atoms. The molecule has 1 aliphatic heterocycles. The van der Waals surface area contributed by atoms with Gasteiger partial charge in [-0.15, -0.1) is 0 Å². The molecule has 0 aliphatic carbocycles. The van der Waals surface area contributed by atoms with Crippen molar-refractivity contribution in [2.75, 3.05) is 6.79 Å². The molecule has 2 aromatic rings. The van der Waals surface area contributed by atoms with E-state index in [4.69, 9.17) is 9.47 Å². The van der Waals surface area contributed by atoms with Gasteiger partial charge < -0.3 is 14.6 Å². The molecular weight excluding hydrogens is 240 g/mol. The van der Waals surface area contributed by atoms with Gasteiger partial charge in [0.05, 0.1) is 0 Å². The topological polar surface area (TPSA) is 38.7 Å². The number of rotatable bonds is 3. The van der Waals surface area contributed by atoms with Crippen LogP contribution in [0.25, 0.3) is 6.08 Å². The van der Waals surface area contributed by atoms with Crippen LogP contribution in [-0.2, 0) is 6.42 Å². The molecule has 3 rings (SSSR count). The maximum absolute atomic E-state index is 9.90. The Hall–Kier alpha value is -2.42. The first-order valence-electron chi connectivity index (χ1n) is 6.16. The summed E-state index contributed by atoms with van der Waals surface area (Å²) in [5.41, 5.74) is 1.97. The molecule has 0 saturated carbocycles. The van der Waals surface area contributed by atoms with E-state index >= 15 is 0 Å². The number of fused-ring (bicyclic) bond motifs is 1. The third-order valence-corrected chi connectivity index (χ3v) is 3.02. The van der Waals surface area contributed by atoms with Crippen molar-refractivity contribution < 1.29 is 14.6 Å². The fourth-order valence-electron chi connectivity index (χ4n) is 2.02. The van der Waals surface area contributed by atoms with Gasteiger partial charge in [-0.1, -0.05) is 42.5 Å². The molecule has 2 aromatic carbocycles. The predicted molar refractivity (Wildman–Crippen MR) is 73.4 cm³/mol. The number of aromatic hydroxyl groups is 1. The standard InChI is InChI=1S/C16H14O3/c17-14-10-16-15(18-11-19-16)9-13(14)8-4-7-12-5-2-1-3-6-12/h1-7,9-10,17H,8,11H2/b7-4+. The molecule has 0 amide bonds. The highest BCUT2D eigenvalue weighted by atomic mass is 16.7. The molecule has 1 heterocycles. The molecular formula is C16H14O3. The Morgan fingerprint density at radius 3 is 2.58 bits per heavy atom. The number of allylic oxidation sites excluding steroid dienone is 1. The first kappa shape index (κ1) is 11.7. The first-order chi connectivity index (χ1) is 9.33. The molecule has 3 heteroatoms. The summed E-state index contributed by atoms with van der Waals surface area (Å²) in [5, 5.41) is 9.90. The zero-order valence-corrected chi connectivity index (χ0v) is 10.4. The quantitative estimate of drug-likeness (QED) is 0.912. The van der Waals surface area contributed by atoms with Crippen LogP contribution in [-0.4, -0.2) is 11.9 Å². The molecule has 0 atom stereocenters. The third-order valence-electron chi connectivity index (χ3n) is 3.02. The predicted octanol–water partition coefficient (Wildman–Crippen LogP) is 3.38. The van der Waals surface area contributed by atoms with E-state index < -0.39 is 0 Å². The van der Waals surface area contributed by atoms with Crippen molar-refractivity contribution in [3.05, 3.63) is 59.7 Å². The van der Waals surface area contributed by atoms with Gasteiger partial charge in [-0.3, -0.25) is 0 Å². The Bertz CT molecular complexity index is 603. The van der Waals surface area contributed by atoms with Crippen LogP contribution in [0, 0.1) is 0 Å². The van der Waals surface area contributed by atoms with E-state index in [2.05, 4.69) is 0 Å². The Labute approximate surface area is 111 Å². The normalized spacial score (nSPS) is 13.1. The Kier molecular flexibility index (Phi) is 3.11. The van der Waals surface area contributed by atoms with Crippen molar-refractivity contribution in [3.63, 3.8) is 0 Å². The molecule has 0 bridgehead atoms. The Balaban J connectivity index is 1.75. The van der Waals surface area contributed by atoms with Crippen LogP contribution in [0.3, 0.4) is 0 Å². The molecule has 96 valence electrons. The molecule has 19 heavy (non-hydrogen) atoms. The molecule has 1 N–H and O–H groups in total. The van der Waals surface area contributed by atoms with Gasteiger partial charge in [0.1, 0.15) is 5.75 Å². The minimum Gasteiger partial charge on any atom is -0.508 e. The smallest absolute Gasteiger partial charge is 0.231 e. The summed E-state index contributed by atoms with van der Waals surface area (Å²) >= 11 is 0. The lowest BCUT2D eigenvalue weighted by atomic mass is 10.1. The fourth-order valence-corrected chi connectivity index (χ4v) is 2.02. The second-order valence-corrected chi connectivity index (χ2v) is 4.35. The SMILES string of the molecule is Oc1cc2c(cc1C/C=C/c1ccccc1)OCO2. The zero-order valence-electron chi connectivity index (χ0n) is 10.4. The number of phenols is 1. The van der Waals surface area contributed by atoms with Crippen LogP contribution in [0.5, 0.6) is 17.2 Å². The number of benzene rings is 2. The Morgan fingerprint density at radius 1 is 1.05 bits per heavy atom. The fraction of sp³-hybridized carbons (Fsp3) is 0.125. The highest BCUT2D eigenvalue weighted by Gasteiger charge is 2.16. The Morgan fingerprint density at radius 2 is 1.79 bits per heavy atom. The number of ether oxygens (including phenoxy) is 2. The summed E-state index contributed by atoms with van der Waals surface area (Å²) in [6.45, 7) is 0.220. The molecule has 0 fully saturated rings.